The predicted molar refractivity (Wildman–Crippen MR) is 103 cm³/mol. The summed E-state index contributed by atoms with van der Waals surface area (Å²) in [6.07, 6.45) is 8.91. The van der Waals surface area contributed by atoms with E-state index in [4.69, 9.17) is 4.74 Å². The Hall–Kier alpha value is -1.16. The van der Waals surface area contributed by atoms with Crippen molar-refractivity contribution in [3.05, 3.63) is 11.6 Å². The zero-order chi connectivity index (χ0) is 19.6. The first-order valence-electron chi connectivity index (χ1n) is 10.7. The molecule has 0 radical (unpaired) electrons. The lowest BCUT2D eigenvalue weighted by Crippen LogP contribution is -2.63. The Balaban J connectivity index is 1.67. The van der Waals surface area contributed by atoms with Crippen LogP contribution in [0.5, 0.6) is 0 Å². The van der Waals surface area contributed by atoms with Crippen LogP contribution in [0.4, 0.5) is 0 Å². The number of esters is 1. The fourth-order valence-corrected chi connectivity index (χ4v) is 7.71. The van der Waals surface area contributed by atoms with E-state index in [1.165, 1.54) is 12.7 Å². The molecule has 27 heavy (non-hydrogen) atoms. The second-order valence-corrected chi connectivity index (χ2v) is 10.1. The molecule has 0 aliphatic heterocycles. The van der Waals surface area contributed by atoms with Gasteiger partial charge in [0.2, 0.25) is 0 Å². The number of carbonyl (C=O) groups is 2. The van der Waals surface area contributed by atoms with Crippen molar-refractivity contribution in [3.8, 4) is 0 Å². The van der Waals surface area contributed by atoms with Crippen molar-refractivity contribution in [3.63, 3.8) is 0 Å². The van der Waals surface area contributed by atoms with Gasteiger partial charge in [-0.2, -0.15) is 0 Å². The van der Waals surface area contributed by atoms with Gasteiger partial charge >= 0.3 is 5.97 Å². The first-order valence-corrected chi connectivity index (χ1v) is 10.7. The summed E-state index contributed by atoms with van der Waals surface area (Å²) < 4.78 is 5.04. The van der Waals surface area contributed by atoms with E-state index in [0.717, 1.165) is 44.9 Å². The van der Waals surface area contributed by atoms with Crippen LogP contribution in [-0.4, -0.2) is 29.6 Å². The van der Waals surface area contributed by atoms with E-state index in [0.29, 0.717) is 18.3 Å². The van der Waals surface area contributed by atoms with Gasteiger partial charge in [-0.05, 0) is 74.2 Å². The fraction of sp³-hybridized carbons (Fsp3) is 0.826. The number of hydrogen-bond acceptors (Lipinski definition) is 4. The predicted octanol–water partition coefficient (Wildman–Crippen LogP) is 4.06. The fourth-order valence-electron chi connectivity index (χ4n) is 7.71. The minimum absolute atomic E-state index is 0.0851. The molecule has 0 aromatic carbocycles. The van der Waals surface area contributed by atoms with E-state index in [-0.39, 0.29) is 34.4 Å². The average Bonchev–Trinajstić information content (AvgIpc) is 2.99. The normalized spacial score (nSPS) is 47.4. The quantitative estimate of drug-likeness (QED) is 0.741. The van der Waals surface area contributed by atoms with E-state index in [1.807, 2.05) is 13.0 Å². The van der Waals surface area contributed by atoms with Gasteiger partial charge in [0.15, 0.2) is 5.78 Å². The summed E-state index contributed by atoms with van der Waals surface area (Å²) in [5, 5.41) is 12.0. The monoisotopic (exact) mass is 374 g/mol. The van der Waals surface area contributed by atoms with Crippen LogP contribution >= 0.6 is 0 Å². The van der Waals surface area contributed by atoms with Crippen molar-refractivity contribution >= 4 is 11.8 Å². The average molecular weight is 375 g/mol. The van der Waals surface area contributed by atoms with E-state index in [2.05, 4.69) is 13.8 Å². The van der Waals surface area contributed by atoms with Gasteiger partial charge in [-0.25, -0.2) is 0 Å². The molecule has 1 unspecified atom stereocenters. The molecule has 0 saturated heterocycles. The van der Waals surface area contributed by atoms with Gasteiger partial charge in [0.1, 0.15) is 0 Å². The molecule has 1 N–H and O–H groups in total. The van der Waals surface area contributed by atoms with Crippen molar-refractivity contribution in [1.29, 1.82) is 0 Å². The lowest BCUT2D eigenvalue weighted by Gasteiger charge is -2.63. The number of hydrogen-bond donors (Lipinski definition) is 1. The maximum atomic E-state index is 12.2. The highest BCUT2D eigenvalue weighted by Crippen LogP contribution is 2.68. The first-order chi connectivity index (χ1) is 12.7. The van der Waals surface area contributed by atoms with Gasteiger partial charge in [-0.1, -0.05) is 26.3 Å². The third-order valence-corrected chi connectivity index (χ3v) is 9.40. The molecule has 0 heterocycles. The summed E-state index contributed by atoms with van der Waals surface area (Å²) >= 11 is 0. The van der Waals surface area contributed by atoms with E-state index < -0.39 is 5.60 Å². The number of fused-ring (bicyclic) bond motifs is 5. The lowest BCUT2D eigenvalue weighted by molar-refractivity contribution is -0.194. The highest BCUT2D eigenvalue weighted by molar-refractivity contribution is 5.91. The molecule has 3 fully saturated rings. The molecule has 0 spiro atoms. The van der Waals surface area contributed by atoms with Crippen molar-refractivity contribution in [2.24, 2.45) is 34.5 Å². The summed E-state index contributed by atoms with van der Waals surface area (Å²) in [5.41, 5.74) is 0.286. The van der Waals surface area contributed by atoms with Gasteiger partial charge in [0, 0.05) is 11.8 Å². The largest absolute Gasteiger partial charge is 0.469 e. The lowest BCUT2D eigenvalue weighted by atomic mass is 9.44. The molecule has 150 valence electrons. The minimum atomic E-state index is -0.717. The second-order valence-electron chi connectivity index (χ2n) is 10.1. The van der Waals surface area contributed by atoms with Crippen molar-refractivity contribution in [2.75, 3.05) is 7.11 Å². The number of ketones is 1. The summed E-state index contributed by atoms with van der Waals surface area (Å²) in [5.74, 6) is 1.08. The van der Waals surface area contributed by atoms with Crippen LogP contribution in [0.15, 0.2) is 11.6 Å². The third kappa shape index (κ3) is 2.44. The van der Waals surface area contributed by atoms with E-state index in [1.54, 1.807) is 0 Å². The molecule has 7 atom stereocenters. The number of methoxy groups -OCH3 is 1. The maximum absolute atomic E-state index is 12.2. The topological polar surface area (TPSA) is 63.6 Å². The van der Waals surface area contributed by atoms with Crippen molar-refractivity contribution < 1.29 is 19.4 Å². The molecular weight excluding hydrogens is 340 g/mol. The molecule has 4 nitrogen and oxygen atoms in total. The Labute approximate surface area is 162 Å². The second kappa shape index (κ2) is 6.17. The molecule has 4 aliphatic rings. The summed E-state index contributed by atoms with van der Waals surface area (Å²) in [4.78, 5) is 24.2. The maximum Gasteiger partial charge on any atom is 0.308 e. The molecule has 4 rings (SSSR count). The minimum Gasteiger partial charge on any atom is -0.469 e. The van der Waals surface area contributed by atoms with Gasteiger partial charge in [0.25, 0.3) is 0 Å². The molecular formula is C23H34O4. The van der Waals surface area contributed by atoms with Crippen LogP contribution in [0.25, 0.3) is 0 Å². The van der Waals surface area contributed by atoms with Crippen LogP contribution in [0.2, 0.25) is 0 Å². The number of aliphatic hydroxyl groups is 1. The number of ether oxygens (including phenoxy) is 1. The molecule has 0 aromatic rings. The van der Waals surface area contributed by atoms with Crippen LogP contribution in [0, 0.1) is 34.5 Å². The van der Waals surface area contributed by atoms with Crippen LogP contribution in [0.1, 0.15) is 72.1 Å². The van der Waals surface area contributed by atoms with Gasteiger partial charge in [0.05, 0.1) is 18.6 Å². The van der Waals surface area contributed by atoms with Crippen LogP contribution < -0.4 is 0 Å². The molecule has 3 saturated carbocycles. The highest BCUT2D eigenvalue weighted by Gasteiger charge is 2.66. The number of rotatable bonds is 2. The molecule has 0 amide bonds. The third-order valence-electron chi connectivity index (χ3n) is 9.40. The molecule has 0 aromatic heterocycles. The Bertz CT molecular complexity index is 696. The Morgan fingerprint density at radius 3 is 2.59 bits per heavy atom. The standard InChI is InChI=1S/C23H34O4/c1-14(20(25)27-4)17-7-8-18-19-6-5-15-13-16(24)9-10-22(15,3)23(19,26)12-11-21(17,18)2/h13-14,17-19,26H,5-12H2,1-4H3/t14?,17-,18+,19+,21-,22+,23-/m1/s1. The Morgan fingerprint density at radius 1 is 1.15 bits per heavy atom. The first kappa shape index (κ1) is 19.2. The van der Waals surface area contributed by atoms with Crippen LogP contribution in [0.3, 0.4) is 0 Å². The van der Waals surface area contributed by atoms with Gasteiger partial charge < -0.3 is 9.84 Å². The summed E-state index contributed by atoms with van der Waals surface area (Å²) in [6.45, 7) is 6.57. The van der Waals surface area contributed by atoms with Gasteiger partial charge in [-0.3, -0.25) is 9.59 Å². The Morgan fingerprint density at radius 2 is 1.89 bits per heavy atom. The van der Waals surface area contributed by atoms with Crippen molar-refractivity contribution in [2.45, 2.75) is 77.7 Å². The van der Waals surface area contributed by atoms with E-state index in [9.17, 15) is 14.7 Å². The smallest absolute Gasteiger partial charge is 0.308 e. The zero-order valence-electron chi connectivity index (χ0n) is 17.2. The summed E-state index contributed by atoms with van der Waals surface area (Å²) in [7, 11) is 1.48. The molecule has 4 aliphatic carbocycles. The zero-order valence-corrected chi connectivity index (χ0v) is 17.2. The highest BCUT2D eigenvalue weighted by atomic mass is 16.5. The summed E-state index contributed by atoms with van der Waals surface area (Å²) in [6, 6.07) is 0. The van der Waals surface area contributed by atoms with Crippen LogP contribution in [-0.2, 0) is 14.3 Å². The number of carbonyl (C=O) groups excluding carboxylic acids is 2. The van der Waals surface area contributed by atoms with Crippen molar-refractivity contribution in [1.82, 2.24) is 0 Å². The van der Waals surface area contributed by atoms with Gasteiger partial charge in [-0.15, -0.1) is 0 Å². The molecule has 4 heteroatoms. The molecule has 0 bridgehead atoms. The Kier molecular flexibility index (Phi) is 4.38. The SMILES string of the molecule is COC(=O)C(C)[C@H]1CC[C@H]2[C@@H]3CCC4=CC(=O)CC[C@]4(C)[C@@]3(O)CC[C@]12C. The van der Waals surface area contributed by atoms with E-state index >= 15 is 0 Å².